The van der Waals surface area contributed by atoms with Crippen LogP contribution in [-0.2, 0) is 9.47 Å². The van der Waals surface area contributed by atoms with Crippen LogP contribution in [0.1, 0.15) is 37.2 Å². The predicted octanol–water partition coefficient (Wildman–Crippen LogP) is 3.15. The SMILES string of the molecule is c1cc(C2CCC3(CC2)OCCO3)cs1. The van der Waals surface area contributed by atoms with Gasteiger partial charge in [-0.25, -0.2) is 0 Å². The molecule has 0 bridgehead atoms. The topological polar surface area (TPSA) is 18.5 Å². The molecular formula is C12H16O2S. The predicted molar refractivity (Wildman–Crippen MR) is 60.2 cm³/mol. The quantitative estimate of drug-likeness (QED) is 0.729. The lowest BCUT2D eigenvalue weighted by molar-refractivity contribution is -0.178. The van der Waals surface area contributed by atoms with Crippen molar-refractivity contribution >= 4 is 11.3 Å². The van der Waals surface area contributed by atoms with Gasteiger partial charge in [0.2, 0.25) is 0 Å². The summed E-state index contributed by atoms with van der Waals surface area (Å²) in [7, 11) is 0. The van der Waals surface area contributed by atoms with Crippen molar-refractivity contribution in [3.05, 3.63) is 22.4 Å². The van der Waals surface area contributed by atoms with Crippen molar-refractivity contribution in [3.63, 3.8) is 0 Å². The Morgan fingerprint density at radius 1 is 1.20 bits per heavy atom. The molecule has 1 aromatic rings. The summed E-state index contributed by atoms with van der Waals surface area (Å²) in [6.45, 7) is 1.56. The molecule has 1 aliphatic heterocycles. The third kappa shape index (κ3) is 1.84. The van der Waals surface area contributed by atoms with E-state index < -0.39 is 0 Å². The molecule has 15 heavy (non-hydrogen) atoms. The minimum atomic E-state index is -0.202. The zero-order valence-corrected chi connectivity index (χ0v) is 9.59. The van der Waals surface area contributed by atoms with Crippen LogP contribution in [0, 0.1) is 0 Å². The number of rotatable bonds is 1. The molecule has 2 heterocycles. The fraction of sp³-hybridized carbons (Fsp3) is 0.667. The van der Waals surface area contributed by atoms with Gasteiger partial charge in [0.15, 0.2) is 5.79 Å². The average molecular weight is 224 g/mol. The van der Waals surface area contributed by atoms with Gasteiger partial charge in [-0.05, 0) is 41.1 Å². The first kappa shape index (κ1) is 9.82. The van der Waals surface area contributed by atoms with Crippen molar-refractivity contribution in [1.29, 1.82) is 0 Å². The summed E-state index contributed by atoms with van der Waals surface area (Å²) in [5.41, 5.74) is 1.51. The zero-order chi connectivity index (χ0) is 10.1. The lowest BCUT2D eigenvalue weighted by Crippen LogP contribution is -2.34. The van der Waals surface area contributed by atoms with Gasteiger partial charge in [0.05, 0.1) is 13.2 Å². The van der Waals surface area contributed by atoms with E-state index in [0.717, 1.165) is 32.0 Å². The fourth-order valence-corrected chi connectivity index (χ4v) is 3.43. The molecule has 3 heteroatoms. The molecule has 3 rings (SSSR count). The summed E-state index contributed by atoms with van der Waals surface area (Å²) < 4.78 is 11.5. The van der Waals surface area contributed by atoms with E-state index in [1.54, 1.807) is 11.3 Å². The van der Waals surface area contributed by atoms with Gasteiger partial charge in [0.1, 0.15) is 0 Å². The molecule has 1 spiro atoms. The van der Waals surface area contributed by atoms with E-state index in [1.165, 1.54) is 18.4 Å². The molecule has 1 aromatic heterocycles. The number of hydrogen-bond donors (Lipinski definition) is 0. The second-order valence-electron chi connectivity index (χ2n) is 4.44. The molecule has 0 N–H and O–H groups in total. The normalized spacial score (nSPS) is 26.1. The van der Waals surface area contributed by atoms with E-state index in [4.69, 9.17) is 9.47 Å². The first-order chi connectivity index (χ1) is 7.38. The molecule has 1 saturated heterocycles. The molecule has 0 atom stereocenters. The maximum atomic E-state index is 5.73. The maximum absolute atomic E-state index is 5.73. The Kier molecular flexibility index (Phi) is 2.54. The largest absolute Gasteiger partial charge is 0.348 e. The van der Waals surface area contributed by atoms with Gasteiger partial charge in [0, 0.05) is 12.8 Å². The molecule has 0 unspecified atom stereocenters. The third-order valence-corrected chi connectivity index (χ3v) is 4.28. The summed E-state index contributed by atoms with van der Waals surface area (Å²) in [4.78, 5) is 0. The van der Waals surface area contributed by atoms with Gasteiger partial charge in [0.25, 0.3) is 0 Å². The summed E-state index contributed by atoms with van der Waals surface area (Å²) in [5.74, 6) is 0.529. The van der Waals surface area contributed by atoms with Crippen molar-refractivity contribution in [3.8, 4) is 0 Å². The van der Waals surface area contributed by atoms with Crippen LogP contribution in [0.5, 0.6) is 0 Å². The van der Waals surface area contributed by atoms with Crippen LogP contribution >= 0.6 is 11.3 Å². The van der Waals surface area contributed by atoms with Gasteiger partial charge in [-0.15, -0.1) is 0 Å². The Bertz CT molecular complexity index is 304. The molecule has 2 aliphatic rings. The highest BCUT2D eigenvalue weighted by Gasteiger charge is 2.40. The van der Waals surface area contributed by atoms with Crippen LogP contribution in [0.15, 0.2) is 16.8 Å². The van der Waals surface area contributed by atoms with Crippen LogP contribution in [0.3, 0.4) is 0 Å². The molecule has 1 aliphatic carbocycles. The molecule has 0 amide bonds. The minimum absolute atomic E-state index is 0.202. The highest BCUT2D eigenvalue weighted by atomic mass is 32.1. The Balaban J connectivity index is 1.65. The standard InChI is InChI=1S/C12H16O2S/c1-4-12(13-6-7-14-12)5-2-10(1)11-3-8-15-9-11/h3,8-10H,1-2,4-7H2. The first-order valence-corrected chi connectivity index (χ1v) is 6.62. The molecule has 1 saturated carbocycles. The van der Waals surface area contributed by atoms with Crippen LogP contribution in [-0.4, -0.2) is 19.0 Å². The molecule has 82 valence electrons. The monoisotopic (exact) mass is 224 g/mol. The lowest BCUT2D eigenvalue weighted by Gasteiger charge is -2.35. The van der Waals surface area contributed by atoms with Crippen LogP contribution in [0.2, 0.25) is 0 Å². The van der Waals surface area contributed by atoms with Gasteiger partial charge in [-0.3, -0.25) is 0 Å². The van der Waals surface area contributed by atoms with E-state index in [0.29, 0.717) is 0 Å². The van der Waals surface area contributed by atoms with Crippen molar-refractivity contribution in [2.24, 2.45) is 0 Å². The summed E-state index contributed by atoms with van der Waals surface area (Å²) in [6, 6.07) is 2.25. The lowest BCUT2D eigenvalue weighted by atomic mass is 9.82. The minimum Gasteiger partial charge on any atom is -0.348 e. The van der Waals surface area contributed by atoms with Gasteiger partial charge >= 0.3 is 0 Å². The van der Waals surface area contributed by atoms with E-state index >= 15 is 0 Å². The second-order valence-corrected chi connectivity index (χ2v) is 5.22. The zero-order valence-electron chi connectivity index (χ0n) is 8.78. The Morgan fingerprint density at radius 2 is 1.93 bits per heavy atom. The highest BCUT2D eigenvalue weighted by molar-refractivity contribution is 7.07. The van der Waals surface area contributed by atoms with E-state index in [-0.39, 0.29) is 5.79 Å². The first-order valence-electron chi connectivity index (χ1n) is 5.68. The molecule has 2 nitrogen and oxygen atoms in total. The van der Waals surface area contributed by atoms with Crippen molar-refractivity contribution in [2.75, 3.05) is 13.2 Å². The van der Waals surface area contributed by atoms with Crippen LogP contribution < -0.4 is 0 Å². The second kappa shape index (κ2) is 3.89. The van der Waals surface area contributed by atoms with Crippen molar-refractivity contribution in [2.45, 2.75) is 37.4 Å². The number of thiophene rings is 1. The van der Waals surface area contributed by atoms with Crippen molar-refractivity contribution < 1.29 is 9.47 Å². The van der Waals surface area contributed by atoms with Crippen molar-refractivity contribution in [1.82, 2.24) is 0 Å². The molecule has 0 aromatic carbocycles. The Labute approximate surface area is 94.2 Å². The van der Waals surface area contributed by atoms with Crippen LogP contribution in [0.4, 0.5) is 0 Å². The summed E-state index contributed by atoms with van der Waals surface area (Å²) in [6.07, 6.45) is 4.54. The maximum Gasteiger partial charge on any atom is 0.168 e. The van der Waals surface area contributed by atoms with Gasteiger partial charge < -0.3 is 9.47 Å². The van der Waals surface area contributed by atoms with E-state index in [1.807, 2.05) is 0 Å². The Morgan fingerprint density at radius 3 is 2.53 bits per heavy atom. The molecular weight excluding hydrogens is 208 g/mol. The number of ether oxygens (including phenoxy) is 2. The third-order valence-electron chi connectivity index (χ3n) is 3.58. The van der Waals surface area contributed by atoms with Gasteiger partial charge in [-0.1, -0.05) is 0 Å². The fourth-order valence-electron chi connectivity index (χ4n) is 2.68. The van der Waals surface area contributed by atoms with E-state index in [2.05, 4.69) is 16.8 Å². The molecule has 0 radical (unpaired) electrons. The summed E-state index contributed by atoms with van der Waals surface area (Å²) >= 11 is 1.79. The Hall–Kier alpha value is -0.380. The number of hydrogen-bond acceptors (Lipinski definition) is 3. The highest BCUT2D eigenvalue weighted by Crippen LogP contribution is 2.42. The van der Waals surface area contributed by atoms with Gasteiger partial charge in [-0.2, -0.15) is 11.3 Å². The molecule has 2 fully saturated rings. The van der Waals surface area contributed by atoms with Crippen LogP contribution in [0.25, 0.3) is 0 Å². The summed E-state index contributed by atoms with van der Waals surface area (Å²) in [5, 5.41) is 4.45. The van der Waals surface area contributed by atoms with E-state index in [9.17, 15) is 0 Å². The average Bonchev–Trinajstić information content (AvgIpc) is 2.91. The smallest absolute Gasteiger partial charge is 0.168 e.